The number of carbonyl (C=O) groups is 1. The van der Waals surface area contributed by atoms with Crippen molar-refractivity contribution in [2.24, 2.45) is 0 Å². The van der Waals surface area contributed by atoms with Gasteiger partial charge < -0.3 is 15.5 Å². The molecule has 7 heteroatoms. The van der Waals surface area contributed by atoms with Crippen molar-refractivity contribution in [3.63, 3.8) is 0 Å². The lowest BCUT2D eigenvalue weighted by molar-refractivity contribution is -0.122. The van der Waals surface area contributed by atoms with Gasteiger partial charge in [0.05, 0.1) is 6.04 Å². The number of benzene rings is 1. The first-order chi connectivity index (χ1) is 9.56. The molecule has 0 spiro atoms. The Hall–Kier alpha value is -0.880. The van der Waals surface area contributed by atoms with Crippen molar-refractivity contribution < 1.29 is 9.18 Å². The lowest BCUT2D eigenvalue weighted by atomic mass is 10.1. The minimum absolute atomic E-state index is 0. The van der Waals surface area contributed by atoms with Crippen LogP contribution >= 0.6 is 24.8 Å². The summed E-state index contributed by atoms with van der Waals surface area (Å²) in [6, 6.07) is 4.93. The summed E-state index contributed by atoms with van der Waals surface area (Å²) in [5.41, 5.74) is 1.58. The summed E-state index contributed by atoms with van der Waals surface area (Å²) < 4.78 is 13.7. The van der Waals surface area contributed by atoms with Crippen LogP contribution in [0.25, 0.3) is 0 Å². The average molecular weight is 352 g/mol. The Balaban J connectivity index is 0.00000220. The molecule has 0 radical (unpaired) electrons. The molecule has 1 atom stereocenters. The first-order valence-corrected chi connectivity index (χ1v) is 6.99. The van der Waals surface area contributed by atoms with Crippen molar-refractivity contribution in [1.29, 1.82) is 0 Å². The Morgan fingerprint density at radius 3 is 2.73 bits per heavy atom. The Labute approximate surface area is 143 Å². The van der Waals surface area contributed by atoms with Crippen molar-refractivity contribution in [2.45, 2.75) is 32.0 Å². The molecule has 2 N–H and O–H groups in total. The van der Waals surface area contributed by atoms with Crippen molar-refractivity contribution in [2.75, 3.05) is 20.6 Å². The van der Waals surface area contributed by atoms with E-state index in [1.807, 2.05) is 25.1 Å². The molecule has 0 aliphatic carbocycles. The van der Waals surface area contributed by atoms with Crippen LogP contribution in [0.15, 0.2) is 18.2 Å². The topological polar surface area (TPSA) is 44.4 Å². The summed E-state index contributed by atoms with van der Waals surface area (Å²) in [6.45, 7) is 1.90. The minimum Gasteiger partial charge on any atom is -0.351 e. The van der Waals surface area contributed by atoms with Gasteiger partial charge in [0.1, 0.15) is 5.82 Å². The molecule has 1 aromatic carbocycles. The van der Waals surface area contributed by atoms with Gasteiger partial charge in [0.25, 0.3) is 0 Å². The molecule has 4 nitrogen and oxygen atoms in total. The Morgan fingerprint density at radius 1 is 1.41 bits per heavy atom. The number of hydrogen-bond donors (Lipinski definition) is 2. The van der Waals surface area contributed by atoms with E-state index in [1.54, 1.807) is 6.07 Å². The second-order valence-corrected chi connectivity index (χ2v) is 5.53. The second-order valence-electron chi connectivity index (χ2n) is 5.53. The molecular formula is C15H24Cl2FN3O. The quantitative estimate of drug-likeness (QED) is 0.853. The molecule has 1 aromatic rings. The van der Waals surface area contributed by atoms with Crippen LogP contribution in [0.2, 0.25) is 0 Å². The van der Waals surface area contributed by atoms with E-state index >= 15 is 0 Å². The summed E-state index contributed by atoms with van der Waals surface area (Å²) in [7, 11) is 3.80. The predicted molar refractivity (Wildman–Crippen MR) is 91.2 cm³/mol. The monoisotopic (exact) mass is 351 g/mol. The fourth-order valence-corrected chi connectivity index (χ4v) is 2.42. The average Bonchev–Trinajstić information content (AvgIpc) is 2.92. The number of rotatable bonds is 5. The molecule has 0 saturated carbocycles. The number of nitrogens with one attached hydrogen (secondary N) is 2. The highest BCUT2D eigenvalue weighted by atomic mass is 35.5. The maximum atomic E-state index is 13.7. The van der Waals surface area contributed by atoms with Gasteiger partial charge in [-0.3, -0.25) is 4.79 Å². The van der Waals surface area contributed by atoms with Gasteiger partial charge in [0.15, 0.2) is 0 Å². The molecule has 2 rings (SSSR count). The normalized spacial score (nSPS) is 16.8. The summed E-state index contributed by atoms with van der Waals surface area (Å²) >= 11 is 0. The summed E-state index contributed by atoms with van der Waals surface area (Å²) in [5.74, 6) is -0.174. The van der Waals surface area contributed by atoms with Crippen LogP contribution in [0.1, 0.15) is 24.0 Å². The third-order valence-corrected chi connectivity index (χ3v) is 3.44. The third-order valence-electron chi connectivity index (χ3n) is 3.44. The highest BCUT2D eigenvalue weighted by molar-refractivity contribution is 5.85. The number of amides is 1. The summed E-state index contributed by atoms with van der Waals surface area (Å²) in [6.07, 6.45) is 1.93. The molecule has 1 aliphatic heterocycles. The van der Waals surface area contributed by atoms with Gasteiger partial charge in [0.2, 0.25) is 5.91 Å². The summed E-state index contributed by atoms with van der Waals surface area (Å²) in [5, 5.41) is 6.06. The Morgan fingerprint density at radius 2 is 2.14 bits per heavy atom. The maximum absolute atomic E-state index is 13.7. The van der Waals surface area contributed by atoms with Crippen LogP contribution in [-0.4, -0.2) is 37.5 Å². The molecule has 0 bridgehead atoms. The standard InChI is InChI=1S/C15H22FN3O.2ClH/c1-19(2)10-12-8-11(5-6-13(12)16)9-18-15(20)14-4-3-7-17-14;;/h5-6,8,14,17H,3-4,7,9-10H2,1-2H3,(H,18,20);2*1H. The lowest BCUT2D eigenvalue weighted by Crippen LogP contribution is -2.40. The molecule has 22 heavy (non-hydrogen) atoms. The van der Waals surface area contributed by atoms with Gasteiger partial charge in [0, 0.05) is 18.7 Å². The molecular weight excluding hydrogens is 328 g/mol. The van der Waals surface area contributed by atoms with Gasteiger partial charge in [-0.05, 0) is 51.2 Å². The highest BCUT2D eigenvalue weighted by Gasteiger charge is 2.21. The van der Waals surface area contributed by atoms with Gasteiger partial charge in [-0.25, -0.2) is 4.39 Å². The highest BCUT2D eigenvalue weighted by Crippen LogP contribution is 2.12. The van der Waals surface area contributed by atoms with Gasteiger partial charge >= 0.3 is 0 Å². The number of nitrogens with zero attached hydrogens (tertiary/aromatic N) is 1. The van der Waals surface area contributed by atoms with E-state index in [0.717, 1.165) is 24.9 Å². The molecule has 1 unspecified atom stereocenters. The molecule has 0 aromatic heterocycles. The number of halogens is 3. The van der Waals surface area contributed by atoms with Crippen molar-refractivity contribution >= 4 is 30.7 Å². The van der Waals surface area contributed by atoms with Gasteiger partial charge in [-0.2, -0.15) is 0 Å². The van der Waals surface area contributed by atoms with Crippen molar-refractivity contribution in [1.82, 2.24) is 15.5 Å². The second kappa shape index (κ2) is 10.0. The fourth-order valence-electron chi connectivity index (χ4n) is 2.42. The molecule has 1 saturated heterocycles. The van der Waals surface area contributed by atoms with E-state index in [1.165, 1.54) is 6.07 Å². The molecule has 1 fully saturated rings. The molecule has 1 amide bonds. The largest absolute Gasteiger partial charge is 0.351 e. The van der Waals surface area contributed by atoms with E-state index in [9.17, 15) is 9.18 Å². The number of hydrogen-bond acceptors (Lipinski definition) is 3. The van der Waals surface area contributed by atoms with Gasteiger partial charge in [-0.1, -0.05) is 6.07 Å². The molecule has 1 aliphatic rings. The van der Waals surface area contributed by atoms with Crippen LogP contribution in [0.4, 0.5) is 4.39 Å². The number of carbonyl (C=O) groups excluding carboxylic acids is 1. The zero-order chi connectivity index (χ0) is 14.5. The maximum Gasteiger partial charge on any atom is 0.237 e. The van der Waals surface area contributed by atoms with Crippen molar-refractivity contribution in [3.05, 3.63) is 35.1 Å². The predicted octanol–water partition coefficient (Wildman–Crippen LogP) is 2.10. The third kappa shape index (κ3) is 6.08. The fraction of sp³-hybridized carbons (Fsp3) is 0.533. The van der Waals surface area contributed by atoms with E-state index < -0.39 is 0 Å². The zero-order valence-electron chi connectivity index (χ0n) is 12.9. The first kappa shape index (κ1) is 21.1. The summed E-state index contributed by atoms with van der Waals surface area (Å²) in [4.78, 5) is 13.8. The SMILES string of the molecule is CN(C)Cc1cc(CNC(=O)C2CCCN2)ccc1F.Cl.Cl. The minimum atomic E-state index is -0.203. The smallest absolute Gasteiger partial charge is 0.237 e. The Kier molecular flexibility index (Phi) is 9.60. The van der Waals surface area contributed by atoms with E-state index in [4.69, 9.17) is 0 Å². The van der Waals surface area contributed by atoms with E-state index in [2.05, 4.69) is 10.6 Å². The van der Waals surface area contributed by atoms with Crippen LogP contribution in [0.5, 0.6) is 0 Å². The first-order valence-electron chi connectivity index (χ1n) is 6.99. The van der Waals surface area contributed by atoms with Crippen LogP contribution in [0.3, 0.4) is 0 Å². The van der Waals surface area contributed by atoms with Crippen LogP contribution in [0, 0.1) is 5.82 Å². The van der Waals surface area contributed by atoms with Crippen LogP contribution < -0.4 is 10.6 Å². The molecule has 126 valence electrons. The van der Waals surface area contributed by atoms with Gasteiger partial charge in [-0.15, -0.1) is 24.8 Å². The molecule has 1 heterocycles. The van der Waals surface area contributed by atoms with E-state index in [-0.39, 0.29) is 42.6 Å². The van der Waals surface area contributed by atoms with Crippen LogP contribution in [-0.2, 0) is 17.9 Å². The Bertz CT molecular complexity index is 480. The zero-order valence-corrected chi connectivity index (χ0v) is 14.5. The van der Waals surface area contributed by atoms with E-state index in [0.29, 0.717) is 18.7 Å². The lowest BCUT2D eigenvalue weighted by Gasteiger charge is -2.14. The van der Waals surface area contributed by atoms with Crippen molar-refractivity contribution in [3.8, 4) is 0 Å².